The summed E-state index contributed by atoms with van der Waals surface area (Å²) in [6.45, 7) is 6.34. The molecule has 1 aromatic rings. The van der Waals surface area contributed by atoms with Gasteiger partial charge in [-0.05, 0) is 0 Å². The van der Waals surface area contributed by atoms with Crippen molar-refractivity contribution in [3.05, 3.63) is 23.5 Å². The molecule has 0 amide bonds. The van der Waals surface area contributed by atoms with Gasteiger partial charge in [0.05, 0.1) is 0 Å². The molecule has 0 radical (unpaired) electrons. The number of rotatable bonds is 3. The molecule has 0 aliphatic rings. The van der Waals surface area contributed by atoms with Crippen molar-refractivity contribution < 1.29 is 24.6 Å². The van der Waals surface area contributed by atoms with E-state index >= 15 is 0 Å². The largest absolute Gasteiger partial charge is 0.534 e. The Balaban J connectivity index is 2.48. The van der Waals surface area contributed by atoms with Crippen LogP contribution in [0.15, 0.2) is 12.1 Å². The van der Waals surface area contributed by atoms with Crippen LogP contribution in [0.4, 0.5) is 4.79 Å². The van der Waals surface area contributed by atoms with Crippen LogP contribution in [0.2, 0.25) is 0 Å². The van der Waals surface area contributed by atoms with Crippen LogP contribution in [0.5, 0.6) is 11.8 Å². The van der Waals surface area contributed by atoms with Gasteiger partial charge < -0.3 is 19.8 Å². The molecule has 7 heteroatoms. The van der Waals surface area contributed by atoms with Gasteiger partial charge in [-0.15, -0.1) is 4.73 Å². The van der Waals surface area contributed by atoms with Crippen molar-refractivity contribution in [2.75, 3.05) is 13.2 Å². The standard InChI is InChI=1S/C8H8N2O5/c1-9-4-5-14-8(13)15-10-6(11)2-3-7(10)12/h2-3,11-12H,4-5H2. The molecule has 0 aromatic carbocycles. The molecule has 1 heterocycles. The van der Waals surface area contributed by atoms with E-state index < -0.39 is 17.9 Å². The minimum absolute atomic E-state index is 0.0265. The minimum Gasteiger partial charge on any atom is -0.492 e. The Labute approximate surface area is 84.8 Å². The molecule has 15 heavy (non-hydrogen) atoms. The lowest BCUT2D eigenvalue weighted by Crippen LogP contribution is -2.21. The summed E-state index contributed by atoms with van der Waals surface area (Å²) in [4.78, 5) is 18.3. The lowest BCUT2D eigenvalue weighted by atomic mass is 10.6. The van der Waals surface area contributed by atoms with Gasteiger partial charge in [-0.1, -0.05) is 0 Å². The highest BCUT2D eigenvalue weighted by Crippen LogP contribution is 2.18. The molecule has 0 aliphatic carbocycles. The lowest BCUT2D eigenvalue weighted by molar-refractivity contribution is 0.0382. The van der Waals surface area contributed by atoms with E-state index in [9.17, 15) is 4.79 Å². The Hall–Kier alpha value is -2.36. The van der Waals surface area contributed by atoms with Crippen molar-refractivity contribution in [3.8, 4) is 11.8 Å². The van der Waals surface area contributed by atoms with Gasteiger partial charge in [0.2, 0.25) is 18.3 Å². The monoisotopic (exact) mass is 212 g/mol. The van der Waals surface area contributed by atoms with E-state index in [0.29, 0.717) is 4.73 Å². The van der Waals surface area contributed by atoms with Gasteiger partial charge in [0.1, 0.15) is 0 Å². The fraction of sp³-hybridized carbons (Fsp3) is 0.250. The zero-order valence-electron chi connectivity index (χ0n) is 7.58. The number of carbonyl (C=O) groups excluding carboxylic acids is 1. The second-order valence-electron chi connectivity index (χ2n) is 2.42. The first-order chi connectivity index (χ1) is 7.15. The molecule has 0 saturated carbocycles. The number of aromatic hydroxyl groups is 2. The van der Waals surface area contributed by atoms with E-state index in [0.717, 1.165) is 12.1 Å². The Bertz CT molecular complexity index is 373. The summed E-state index contributed by atoms with van der Waals surface area (Å²) >= 11 is 0. The van der Waals surface area contributed by atoms with E-state index in [1.807, 2.05) is 0 Å². The number of ether oxygens (including phenoxy) is 1. The van der Waals surface area contributed by atoms with E-state index in [2.05, 4.69) is 14.4 Å². The molecule has 1 rings (SSSR count). The van der Waals surface area contributed by atoms with Crippen LogP contribution in [0.25, 0.3) is 4.85 Å². The molecule has 0 saturated heterocycles. The first-order valence-corrected chi connectivity index (χ1v) is 3.93. The van der Waals surface area contributed by atoms with Gasteiger partial charge in [0, 0.05) is 12.1 Å². The Kier molecular flexibility index (Phi) is 3.40. The smallest absolute Gasteiger partial charge is 0.492 e. The van der Waals surface area contributed by atoms with E-state index in [1.165, 1.54) is 0 Å². The third kappa shape index (κ3) is 2.80. The van der Waals surface area contributed by atoms with Crippen molar-refractivity contribution in [2.24, 2.45) is 0 Å². The maximum Gasteiger partial charge on any atom is 0.534 e. The van der Waals surface area contributed by atoms with Crippen LogP contribution in [-0.2, 0) is 4.74 Å². The van der Waals surface area contributed by atoms with Gasteiger partial charge in [0.25, 0.3) is 0 Å². The van der Waals surface area contributed by atoms with E-state index in [1.54, 1.807) is 0 Å². The van der Waals surface area contributed by atoms with Crippen LogP contribution in [0, 0.1) is 6.57 Å². The zero-order chi connectivity index (χ0) is 11.3. The molecule has 0 spiro atoms. The van der Waals surface area contributed by atoms with Crippen LogP contribution in [-0.4, -0.2) is 34.3 Å². The molecule has 0 fully saturated rings. The average molecular weight is 212 g/mol. The molecular formula is C8H8N2O5. The predicted molar refractivity (Wildman–Crippen MR) is 47.2 cm³/mol. The van der Waals surface area contributed by atoms with E-state index in [-0.39, 0.29) is 13.2 Å². The highest BCUT2D eigenvalue weighted by Gasteiger charge is 2.12. The molecule has 2 N–H and O–H groups in total. The first-order valence-electron chi connectivity index (χ1n) is 3.93. The summed E-state index contributed by atoms with van der Waals surface area (Å²) in [5.74, 6) is -0.871. The summed E-state index contributed by atoms with van der Waals surface area (Å²) in [5.41, 5.74) is 0. The Morgan fingerprint density at radius 2 is 2.07 bits per heavy atom. The molecule has 1 aromatic heterocycles. The van der Waals surface area contributed by atoms with Crippen LogP contribution in [0.1, 0.15) is 0 Å². The van der Waals surface area contributed by atoms with E-state index in [4.69, 9.17) is 16.8 Å². The third-order valence-corrected chi connectivity index (χ3v) is 1.39. The van der Waals surface area contributed by atoms with Crippen LogP contribution in [0.3, 0.4) is 0 Å². The summed E-state index contributed by atoms with van der Waals surface area (Å²) in [6.07, 6.45) is -1.11. The van der Waals surface area contributed by atoms with Crippen LogP contribution < -0.4 is 4.84 Å². The number of nitrogens with zero attached hydrogens (tertiary/aromatic N) is 2. The highest BCUT2D eigenvalue weighted by atomic mass is 16.8. The minimum atomic E-state index is -1.11. The maximum atomic E-state index is 10.9. The first kappa shape index (κ1) is 10.7. The second kappa shape index (κ2) is 4.76. The molecule has 0 aliphatic heterocycles. The topological polar surface area (TPSA) is 85.3 Å². The summed E-state index contributed by atoms with van der Waals surface area (Å²) in [6, 6.07) is 2.28. The second-order valence-corrected chi connectivity index (χ2v) is 2.42. The summed E-state index contributed by atoms with van der Waals surface area (Å²) < 4.78 is 4.95. The van der Waals surface area contributed by atoms with Gasteiger partial charge in [-0.3, -0.25) is 4.84 Å². The lowest BCUT2D eigenvalue weighted by Gasteiger charge is -2.05. The molecular weight excluding hydrogens is 204 g/mol. The fourth-order valence-electron chi connectivity index (χ4n) is 0.771. The summed E-state index contributed by atoms with van der Waals surface area (Å²) in [7, 11) is 0. The predicted octanol–water partition coefficient (Wildman–Crippen LogP) is 0.384. The number of carbonyl (C=O) groups is 1. The molecule has 0 unspecified atom stereocenters. The highest BCUT2D eigenvalue weighted by molar-refractivity contribution is 5.60. The van der Waals surface area contributed by atoms with Crippen molar-refractivity contribution in [2.45, 2.75) is 0 Å². The zero-order valence-corrected chi connectivity index (χ0v) is 7.58. The van der Waals surface area contributed by atoms with Gasteiger partial charge >= 0.3 is 6.16 Å². The van der Waals surface area contributed by atoms with Crippen molar-refractivity contribution in [3.63, 3.8) is 0 Å². The van der Waals surface area contributed by atoms with Crippen molar-refractivity contribution >= 4 is 6.16 Å². The number of hydrogen-bond acceptors (Lipinski definition) is 5. The Morgan fingerprint density at radius 3 is 2.60 bits per heavy atom. The quantitative estimate of drug-likeness (QED) is 0.430. The number of aromatic nitrogens is 1. The normalized spacial score (nSPS) is 9.27. The molecule has 80 valence electrons. The van der Waals surface area contributed by atoms with Crippen molar-refractivity contribution in [1.82, 2.24) is 4.73 Å². The van der Waals surface area contributed by atoms with Crippen molar-refractivity contribution in [1.29, 1.82) is 0 Å². The SMILES string of the molecule is [C-]#[N+]CCOC(=O)On1c(O)ccc1O. The average Bonchev–Trinajstić information content (AvgIpc) is 2.50. The Morgan fingerprint density at radius 1 is 1.47 bits per heavy atom. The summed E-state index contributed by atoms with van der Waals surface area (Å²) in [5, 5.41) is 18.1. The van der Waals surface area contributed by atoms with Gasteiger partial charge in [0.15, 0.2) is 6.61 Å². The van der Waals surface area contributed by atoms with Crippen LogP contribution >= 0.6 is 0 Å². The fourth-order valence-corrected chi connectivity index (χ4v) is 0.771. The molecule has 7 nitrogen and oxygen atoms in total. The molecule has 0 atom stereocenters. The van der Waals surface area contributed by atoms with Gasteiger partial charge in [-0.25, -0.2) is 11.4 Å². The number of hydrogen-bond donors (Lipinski definition) is 2. The third-order valence-electron chi connectivity index (χ3n) is 1.39. The van der Waals surface area contributed by atoms with Gasteiger partial charge in [-0.2, -0.15) is 0 Å². The maximum absolute atomic E-state index is 10.9. The molecule has 0 bridgehead atoms.